The SMILES string of the molecule is CCC(=CCN(C)CC1(O)CCOCC1)C(=O)O. The Bertz CT molecular complexity index is 308. The predicted octanol–water partition coefficient (Wildman–Crippen LogP) is 0.881. The van der Waals surface area contributed by atoms with E-state index in [1.54, 1.807) is 6.08 Å². The largest absolute Gasteiger partial charge is 0.478 e. The first kappa shape index (κ1) is 15.1. The molecule has 1 saturated heterocycles. The third-order valence-corrected chi connectivity index (χ3v) is 3.29. The van der Waals surface area contributed by atoms with Crippen molar-refractivity contribution in [1.82, 2.24) is 4.90 Å². The van der Waals surface area contributed by atoms with Crippen molar-refractivity contribution in [1.29, 1.82) is 0 Å². The first-order valence-electron chi connectivity index (χ1n) is 6.38. The van der Waals surface area contributed by atoms with Gasteiger partial charge in [-0.2, -0.15) is 0 Å². The highest BCUT2D eigenvalue weighted by Gasteiger charge is 2.30. The molecule has 1 aliphatic rings. The molecule has 0 bridgehead atoms. The van der Waals surface area contributed by atoms with E-state index in [0.717, 1.165) is 0 Å². The maximum absolute atomic E-state index is 10.8. The van der Waals surface area contributed by atoms with Gasteiger partial charge in [-0.1, -0.05) is 13.0 Å². The maximum Gasteiger partial charge on any atom is 0.331 e. The molecule has 0 aromatic carbocycles. The van der Waals surface area contributed by atoms with E-state index in [9.17, 15) is 9.90 Å². The number of carboxylic acids is 1. The van der Waals surface area contributed by atoms with Crippen molar-refractivity contribution in [2.45, 2.75) is 31.8 Å². The summed E-state index contributed by atoms with van der Waals surface area (Å²) in [4.78, 5) is 12.8. The Morgan fingerprint density at radius 3 is 2.56 bits per heavy atom. The molecule has 2 N–H and O–H groups in total. The van der Waals surface area contributed by atoms with Gasteiger partial charge in [0.1, 0.15) is 0 Å². The zero-order valence-corrected chi connectivity index (χ0v) is 11.2. The average Bonchev–Trinajstić information content (AvgIpc) is 2.29. The molecule has 5 heteroatoms. The van der Waals surface area contributed by atoms with E-state index >= 15 is 0 Å². The lowest BCUT2D eigenvalue weighted by Gasteiger charge is -2.35. The molecule has 0 radical (unpaired) electrons. The third kappa shape index (κ3) is 4.76. The molecule has 0 aromatic heterocycles. The number of carbonyl (C=O) groups is 1. The van der Waals surface area contributed by atoms with Gasteiger partial charge in [-0.15, -0.1) is 0 Å². The average molecular weight is 257 g/mol. The summed E-state index contributed by atoms with van der Waals surface area (Å²) in [5.74, 6) is -0.865. The molecular weight excluding hydrogens is 234 g/mol. The van der Waals surface area contributed by atoms with Crippen LogP contribution in [-0.4, -0.2) is 60.0 Å². The Balaban J connectivity index is 2.45. The van der Waals surface area contributed by atoms with Crippen LogP contribution in [0.1, 0.15) is 26.2 Å². The molecule has 1 heterocycles. The highest BCUT2D eigenvalue weighted by Crippen LogP contribution is 2.21. The summed E-state index contributed by atoms with van der Waals surface area (Å²) in [6, 6.07) is 0. The number of rotatable bonds is 6. The second kappa shape index (κ2) is 6.87. The van der Waals surface area contributed by atoms with Crippen LogP contribution in [0.25, 0.3) is 0 Å². The van der Waals surface area contributed by atoms with Crippen molar-refractivity contribution in [2.24, 2.45) is 0 Å². The smallest absolute Gasteiger partial charge is 0.331 e. The van der Waals surface area contributed by atoms with E-state index in [-0.39, 0.29) is 0 Å². The van der Waals surface area contributed by atoms with Crippen LogP contribution in [0.3, 0.4) is 0 Å². The Morgan fingerprint density at radius 2 is 2.06 bits per heavy atom. The fourth-order valence-electron chi connectivity index (χ4n) is 2.13. The van der Waals surface area contributed by atoms with Crippen LogP contribution in [0, 0.1) is 0 Å². The second-order valence-electron chi connectivity index (χ2n) is 4.92. The maximum atomic E-state index is 10.8. The fraction of sp³-hybridized carbons (Fsp3) is 0.769. The minimum absolute atomic E-state index is 0.417. The molecule has 104 valence electrons. The van der Waals surface area contributed by atoms with Crippen LogP contribution in [-0.2, 0) is 9.53 Å². The molecule has 0 atom stereocenters. The van der Waals surface area contributed by atoms with E-state index in [2.05, 4.69) is 0 Å². The van der Waals surface area contributed by atoms with Gasteiger partial charge in [-0.05, 0) is 13.5 Å². The van der Waals surface area contributed by atoms with Crippen LogP contribution in [0.4, 0.5) is 0 Å². The second-order valence-corrected chi connectivity index (χ2v) is 4.92. The molecule has 5 nitrogen and oxygen atoms in total. The molecule has 0 aliphatic carbocycles. The van der Waals surface area contributed by atoms with Gasteiger partial charge in [-0.3, -0.25) is 4.90 Å². The highest BCUT2D eigenvalue weighted by molar-refractivity contribution is 5.86. The molecule has 0 saturated carbocycles. The molecule has 1 aliphatic heterocycles. The van der Waals surface area contributed by atoms with Gasteiger partial charge in [0, 0.05) is 44.7 Å². The van der Waals surface area contributed by atoms with E-state index in [4.69, 9.17) is 9.84 Å². The van der Waals surface area contributed by atoms with Crippen LogP contribution in [0.5, 0.6) is 0 Å². The summed E-state index contributed by atoms with van der Waals surface area (Å²) in [7, 11) is 1.89. The quantitative estimate of drug-likeness (QED) is 0.691. The van der Waals surface area contributed by atoms with Crippen LogP contribution in [0.2, 0.25) is 0 Å². The van der Waals surface area contributed by atoms with Crippen molar-refractivity contribution in [3.8, 4) is 0 Å². The number of carboxylic acid groups (broad SMARTS) is 1. The van der Waals surface area contributed by atoms with E-state index < -0.39 is 11.6 Å². The van der Waals surface area contributed by atoms with Gasteiger partial charge in [-0.25, -0.2) is 4.79 Å². The highest BCUT2D eigenvalue weighted by atomic mass is 16.5. The lowest BCUT2D eigenvalue weighted by atomic mass is 9.94. The summed E-state index contributed by atoms with van der Waals surface area (Å²) in [5.41, 5.74) is -0.281. The monoisotopic (exact) mass is 257 g/mol. The molecule has 18 heavy (non-hydrogen) atoms. The summed E-state index contributed by atoms with van der Waals surface area (Å²) in [5, 5.41) is 19.2. The predicted molar refractivity (Wildman–Crippen MR) is 68.5 cm³/mol. The molecule has 0 amide bonds. The fourth-order valence-corrected chi connectivity index (χ4v) is 2.13. The van der Waals surface area contributed by atoms with Crippen LogP contribution < -0.4 is 0 Å². The minimum Gasteiger partial charge on any atom is -0.478 e. The number of aliphatic carboxylic acids is 1. The lowest BCUT2D eigenvalue weighted by Crippen LogP contribution is -2.45. The summed E-state index contributed by atoms with van der Waals surface area (Å²) in [6.45, 7) is 4.10. The van der Waals surface area contributed by atoms with Gasteiger partial charge < -0.3 is 14.9 Å². The molecular formula is C13H23NO4. The first-order valence-corrected chi connectivity index (χ1v) is 6.38. The van der Waals surface area contributed by atoms with Crippen molar-refractivity contribution in [2.75, 3.05) is 33.4 Å². The number of likely N-dealkylation sites (N-methyl/N-ethyl adjacent to an activating group) is 1. The van der Waals surface area contributed by atoms with Gasteiger partial charge in [0.15, 0.2) is 0 Å². The van der Waals surface area contributed by atoms with Crippen molar-refractivity contribution in [3.05, 3.63) is 11.6 Å². The van der Waals surface area contributed by atoms with E-state index in [1.165, 1.54) is 0 Å². The standard InChI is InChI=1S/C13H23NO4/c1-3-11(12(15)16)4-7-14(2)10-13(17)5-8-18-9-6-13/h4,17H,3,5-10H2,1-2H3,(H,15,16). The topological polar surface area (TPSA) is 70.0 Å². The number of nitrogens with zero attached hydrogens (tertiary/aromatic N) is 1. The molecule has 0 spiro atoms. The molecule has 0 unspecified atom stereocenters. The van der Waals surface area contributed by atoms with Gasteiger partial charge in [0.25, 0.3) is 0 Å². The Morgan fingerprint density at radius 1 is 1.44 bits per heavy atom. The Labute approximate surface area is 108 Å². The zero-order chi connectivity index (χ0) is 13.6. The molecule has 0 aromatic rings. The van der Waals surface area contributed by atoms with Crippen LogP contribution >= 0.6 is 0 Å². The number of hydrogen-bond acceptors (Lipinski definition) is 4. The van der Waals surface area contributed by atoms with Crippen molar-refractivity contribution < 1.29 is 19.7 Å². The summed E-state index contributed by atoms with van der Waals surface area (Å²) < 4.78 is 5.23. The van der Waals surface area contributed by atoms with Crippen molar-refractivity contribution >= 4 is 5.97 Å². The summed E-state index contributed by atoms with van der Waals surface area (Å²) >= 11 is 0. The first-order chi connectivity index (χ1) is 8.47. The minimum atomic E-state index is -0.865. The third-order valence-electron chi connectivity index (χ3n) is 3.29. The normalized spacial score (nSPS) is 20.1. The van der Waals surface area contributed by atoms with Crippen molar-refractivity contribution in [3.63, 3.8) is 0 Å². The van der Waals surface area contributed by atoms with E-state index in [0.29, 0.717) is 51.1 Å². The number of ether oxygens (including phenoxy) is 1. The van der Waals surface area contributed by atoms with E-state index in [1.807, 2.05) is 18.9 Å². The van der Waals surface area contributed by atoms with Gasteiger partial charge >= 0.3 is 5.97 Å². The molecule has 1 rings (SSSR count). The summed E-state index contributed by atoms with van der Waals surface area (Å²) in [6.07, 6.45) is 3.51. The van der Waals surface area contributed by atoms with Gasteiger partial charge in [0.2, 0.25) is 0 Å². The van der Waals surface area contributed by atoms with Gasteiger partial charge in [0.05, 0.1) is 5.60 Å². The number of aliphatic hydroxyl groups is 1. The zero-order valence-electron chi connectivity index (χ0n) is 11.2. The Kier molecular flexibility index (Phi) is 5.78. The number of hydrogen-bond donors (Lipinski definition) is 2. The lowest BCUT2D eigenvalue weighted by molar-refractivity contribution is -0.132. The van der Waals surface area contributed by atoms with Crippen LogP contribution in [0.15, 0.2) is 11.6 Å². The molecule has 1 fully saturated rings. The Hall–Kier alpha value is -0.910.